The Morgan fingerprint density at radius 1 is 1.46 bits per heavy atom. The second kappa shape index (κ2) is 7.47. The number of ether oxygens (including phenoxy) is 1. The quantitative estimate of drug-likeness (QED) is 0.654. The third kappa shape index (κ3) is 3.99. The van der Waals surface area contributed by atoms with Gasteiger partial charge >= 0.3 is 0 Å². The van der Waals surface area contributed by atoms with Gasteiger partial charge in [0.15, 0.2) is 15.7 Å². The zero-order valence-corrected chi connectivity index (χ0v) is 16.2. The van der Waals surface area contributed by atoms with Crippen LogP contribution in [0.1, 0.15) is 20.3 Å². The van der Waals surface area contributed by atoms with Gasteiger partial charge in [-0.2, -0.15) is 4.98 Å². The third-order valence-electron chi connectivity index (χ3n) is 4.72. The summed E-state index contributed by atoms with van der Waals surface area (Å²) in [6.07, 6.45) is 0.638. The number of aromatic hydroxyl groups is 1. The number of rotatable bonds is 6. The molecule has 1 atom stereocenters. The van der Waals surface area contributed by atoms with Crippen molar-refractivity contribution in [1.82, 2.24) is 15.2 Å². The number of anilines is 1. The van der Waals surface area contributed by atoms with Gasteiger partial charge in [0.1, 0.15) is 16.3 Å². The Balaban J connectivity index is 1.74. The summed E-state index contributed by atoms with van der Waals surface area (Å²) in [5, 5.41) is 17.9. The van der Waals surface area contributed by atoms with Gasteiger partial charge in [0.2, 0.25) is 11.9 Å². The second-order valence-electron chi connectivity index (χ2n) is 7.15. The number of aromatic nitrogens is 3. The fourth-order valence-corrected chi connectivity index (χ4v) is 4.39. The topological polar surface area (TPSA) is 134 Å². The summed E-state index contributed by atoms with van der Waals surface area (Å²) in [5.74, 6) is -2.19. The number of amides is 1. The molecule has 152 valence electrons. The molecule has 2 heterocycles. The van der Waals surface area contributed by atoms with Gasteiger partial charge < -0.3 is 9.84 Å². The SMILES string of the molecule is CC(C)(C(=O)Nc1n[nH]c(-c2ccc(O)cc2F)n1)S(=O)(=O)C[C@H]1CCOC1. The van der Waals surface area contributed by atoms with Gasteiger partial charge in [0.25, 0.3) is 0 Å². The molecule has 1 amide bonds. The number of aromatic amines is 1. The molecule has 28 heavy (non-hydrogen) atoms. The number of carbonyl (C=O) groups excluding carboxylic acids is 1. The van der Waals surface area contributed by atoms with E-state index in [1.807, 2.05) is 0 Å². The predicted octanol–water partition coefficient (Wildman–Crippen LogP) is 1.48. The van der Waals surface area contributed by atoms with E-state index < -0.39 is 26.3 Å². The van der Waals surface area contributed by atoms with Crippen LogP contribution < -0.4 is 5.32 Å². The highest BCUT2D eigenvalue weighted by molar-refractivity contribution is 7.93. The van der Waals surface area contributed by atoms with Crippen molar-refractivity contribution in [1.29, 1.82) is 0 Å². The molecule has 2 aromatic rings. The van der Waals surface area contributed by atoms with E-state index in [9.17, 15) is 22.7 Å². The molecule has 1 aromatic heterocycles. The maximum absolute atomic E-state index is 13.9. The van der Waals surface area contributed by atoms with Crippen LogP contribution in [0.25, 0.3) is 11.4 Å². The smallest absolute Gasteiger partial charge is 0.249 e. The largest absolute Gasteiger partial charge is 0.508 e. The minimum Gasteiger partial charge on any atom is -0.508 e. The van der Waals surface area contributed by atoms with Crippen LogP contribution in [0.15, 0.2) is 18.2 Å². The van der Waals surface area contributed by atoms with E-state index in [1.165, 1.54) is 26.0 Å². The summed E-state index contributed by atoms with van der Waals surface area (Å²) in [4.78, 5) is 16.6. The monoisotopic (exact) mass is 412 g/mol. The molecule has 9 nitrogen and oxygen atoms in total. The molecular weight excluding hydrogens is 391 g/mol. The van der Waals surface area contributed by atoms with E-state index in [0.29, 0.717) is 19.6 Å². The van der Waals surface area contributed by atoms with Crippen molar-refractivity contribution in [2.45, 2.75) is 25.0 Å². The van der Waals surface area contributed by atoms with Crippen molar-refractivity contribution in [2.75, 3.05) is 24.3 Å². The van der Waals surface area contributed by atoms with Crippen LogP contribution in [0.2, 0.25) is 0 Å². The van der Waals surface area contributed by atoms with Crippen LogP contribution >= 0.6 is 0 Å². The number of hydrogen-bond donors (Lipinski definition) is 3. The van der Waals surface area contributed by atoms with Crippen LogP contribution in [0.3, 0.4) is 0 Å². The van der Waals surface area contributed by atoms with Gasteiger partial charge in [-0.15, -0.1) is 5.10 Å². The minimum absolute atomic E-state index is 0.0246. The zero-order chi connectivity index (χ0) is 20.5. The molecule has 0 bridgehead atoms. The highest BCUT2D eigenvalue weighted by atomic mass is 32.2. The van der Waals surface area contributed by atoms with Crippen LogP contribution in [0.4, 0.5) is 10.3 Å². The van der Waals surface area contributed by atoms with Crippen molar-refractivity contribution >= 4 is 21.7 Å². The van der Waals surface area contributed by atoms with Crippen LogP contribution in [-0.2, 0) is 19.4 Å². The summed E-state index contributed by atoms with van der Waals surface area (Å²) >= 11 is 0. The lowest BCUT2D eigenvalue weighted by Crippen LogP contribution is -2.46. The van der Waals surface area contributed by atoms with E-state index >= 15 is 0 Å². The molecule has 1 aliphatic heterocycles. The molecule has 1 saturated heterocycles. The molecule has 0 saturated carbocycles. The first-order valence-corrected chi connectivity index (χ1v) is 10.3. The first kappa shape index (κ1) is 20.2. The van der Waals surface area contributed by atoms with Gasteiger partial charge in [-0.05, 0) is 38.3 Å². The summed E-state index contributed by atoms with van der Waals surface area (Å²) in [6.45, 7) is 3.52. The Bertz CT molecular complexity index is 983. The standard InChI is InChI=1S/C17H21FN4O5S/c1-17(2,28(25,26)9-10-5-6-27-8-10)15(24)20-16-19-14(21-22-16)12-4-3-11(23)7-13(12)18/h3-4,7,10,23H,5-6,8-9H2,1-2H3,(H2,19,20,21,22,24)/t10-/m0/s1. The van der Waals surface area contributed by atoms with Gasteiger partial charge in [-0.1, -0.05) is 0 Å². The number of benzene rings is 1. The Labute approximate surface area is 161 Å². The molecule has 1 fully saturated rings. The summed E-state index contributed by atoms with van der Waals surface area (Å²) in [5.41, 5.74) is 0.0407. The van der Waals surface area contributed by atoms with Crippen LogP contribution in [-0.4, -0.2) is 58.3 Å². The molecule has 0 spiro atoms. The molecule has 3 rings (SSSR count). The van der Waals surface area contributed by atoms with Crippen molar-refractivity contribution in [3.63, 3.8) is 0 Å². The van der Waals surface area contributed by atoms with Gasteiger partial charge in [-0.25, -0.2) is 12.8 Å². The average Bonchev–Trinajstić information content (AvgIpc) is 3.26. The number of nitrogens with one attached hydrogen (secondary N) is 2. The number of phenolic OH excluding ortho intramolecular Hbond substituents is 1. The van der Waals surface area contributed by atoms with Crippen molar-refractivity contribution in [3.8, 4) is 17.1 Å². The molecule has 11 heteroatoms. The molecule has 0 unspecified atom stereocenters. The van der Waals surface area contributed by atoms with Crippen LogP contribution in [0, 0.1) is 11.7 Å². The highest BCUT2D eigenvalue weighted by Crippen LogP contribution is 2.26. The second-order valence-corrected chi connectivity index (χ2v) is 9.73. The number of phenols is 1. The molecule has 1 aromatic carbocycles. The number of hydrogen-bond acceptors (Lipinski definition) is 7. The maximum Gasteiger partial charge on any atom is 0.249 e. The number of H-pyrrole nitrogens is 1. The van der Waals surface area contributed by atoms with E-state index in [1.54, 1.807) is 0 Å². The number of sulfone groups is 1. The number of halogens is 1. The molecular formula is C17H21FN4O5S. The lowest BCUT2D eigenvalue weighted by molar-refractivity contribution is -0.117. The number of nitrogens with zero attached hydrogens (tertiary/aromatic N) is 2. The molecule has 0 aliphatic carbocycles. The number of carbonyl (C=O) groups is 1. The lowest BCUT2D eigenvalue weighted by Gasteiger charge is -2.24. The lowest BCUT2D eigenvalue weighted by atomic mass is 10.2. The van der Waals surface area contributed by atoms with E-state index in [4.69, 9.17) is 4.74 Å². The third-order valence-corrected chi connectivity index (χ3v) is 7.37. The fraction of sp³-hybridized carbons (Fsp3) is 0.471. The molecule has 3 N–H and O–H groups in total. The normalized spacial score (nSPS) is 17.6. The summed E-state index contributed by atoms with van der Waals surface area (Å²) in [6, 6.07) is 3.50. The van der Waals surface area contributed by atoms with Crippen molar-refractivity contribution in [3.05, 3.63) is 24.0 Å². The fourth-order valence-electron chi connectivity index (χ4n) is 2.76. The van der Waals surface area contributed by atoms with E-state index in [0.717, 1.165) is 6.07 Å². The zero-order valence-electron chi connectivity index (χ0n) is 15.4. The summed E-state index contributed by atoms with van der Waals surface area (Å²) < 4.78 is 42.8. The molecule has 0 radical (unpaired) electrons. The first-order valence-electron chi connectivity index (χ1n) is 8.63. The summed E-state index contributed by atoms with van der Waals surface area (Å²) in [7, 11) is -3.76. The Kier molecular flexibility index (Phi) is 5.39. The maximum atomic E-state index is 13.9. The van der Waals surface area contributed by atoms with Gasteiger partial charge in [0.05, 0.1) is 17.9 Å². The van der Waals surface area contributed by atoms with Gasteiger partial charge in [-0.3, -0.25) is 15.2 Å². The van der Waals surface area contributed by atoms with E-state index in [-0.39, 0.29) is 34.8 Å². The Hall–Kier alpha value is -2.53. The first-order chi connectivity index (χ1) is 13.1. The van der Waals surface area contributed by atoms with E-state index in [2.05, 4.69) is 20.5 Å². The molecule has 1 aliphatic rings. The van der Waals surface area contributed by atoms with Gasteiger partial charge in [0, 0.05) is 12.7 Å². The average molecular weight is 412 g/mol. The predicted molar refractivity (Wildman–Crippen MR) is 98.9 cm³/mol. The van der Waals surface area contributed by atoms with Crippen molar-refractivity contribution in [2.24, 2.45) is 5.92 Å². The highest BCUT2D eigenvalue weighted by Gasteiger charge is 2.43. The minimum atomic E-state index is -3.76. The Morgan fingerprint density at radius 2 is 2.21 bits per heavy atom. The van der Waals surface area contributed by atoms with Crippen molar-refractivity contribution < 1.29 is 27.4 Å². The Morgan fingerprint density at radius 3 is 2.86 bits per heavy atom. The van der Waals surface area contributed by atoms with Crippen LogP contribution in [0.5, 0.6) is 5.75 Å².